The molecule has 0 aromatic rings. The summed E-state index contributed by atoms with van der Waals surface area (Å²) in [6, 6.07) is 0. The minimum atomic E-state index is -0.838. The molecule has 0 aromatic carbocycles. The van der Waals surface area contributed by atoms with Crippen molar-refractivity contribution in [2.24, 2.45) is 5.73 Å². The van der Waals surface area contributed by atoms with E-state index in [1.54, 1.807) is 6.92 Å². The van der Waals surface area contributed by atoms with E-state index in [2.05, 4.69) is 4.74 Å². The predicted molar refractivity (Wildman–Crippen MR) is 63.4 cm³/mol. The molecule has 17 heavy (non-hydrogen) atoms. The lowest BCUT2D eigenvalue weighted by atomic mass is 9.85. The van der Waals surface area contributed by atoms with Crippen LogP contribution in [-0.4, -0.2) is 29.7 Å². The van der Waals surface area contributed by atoms with Gasteiger partial charge in [0.2, 0.25) is 0 Å². The molecule has 0 saturated heterocycles. The van der Waals surface area contributed by atoms with Crippen molar-refractivity contribution in [1.29, 1.82) is 0 Å². The van der Waals surface area contributed by atoms with E-state index in [-0.39, 0.29) is 37.4 Å². The molecule has 1 atom stereocenters. The van der Waals surface area contributed by atoms with Crippen LogP contribution in [0.1, 0.15) is 46.5 Å². The molecular formula is C12H21NO4. The average molecular weight is 243 g/mol. The van der Waals surface area contributed by atoms with Crippen molar-refractivity contribution in [3.63, 3.8) is 0 Å². The molecule has 0 aromatic heterocycles. The van der Waals surface area contributed by atoms with Gasteiger partial charge in [0, 0.05) is 18.4 Å². The molecule has 0 spiro atoms. The van der Waals surface area contributed by atoms with Crippen LogP contribution in [0.25, 0.3) is 0 Å². The number of ketones is 2. The first kappa shape index (κ1) is 15.8. The van der Waals surface area contributed by atoms with Crippen LogP contribution in [0.5, 0.6) is 0 Å². The number of carbonyl (C=O) groups is 3. The van der Waals surface area contributed by atoms with Gasteiger partial charge in [-0.2, -0.15) is 0 Å². The SMILES string of the molecule is CCOC(=O)CC(=O)CC(N)(CC)CC(C)=O. The van der Waals surface area contributed by atoms with Gasteiger partial charge < -0.3 is 10.5 Å². The molecule has 98 valence electrons. The Bertz CT molecular complexity index is 301. The van der Waals surface area contributed by atoms with E-state index < -0.39 is 11.5 Å². The molecule has 0 amide bonds. The van der Waals surface area contributed by atoms with Crippen molar-refractivity contribution in [2.45, 2.75) is 52.0 Å². The third-order valence-electron chi connectivity index (χ3n) is 2.50. The number of carbonyl (C=O) groups excluding carboxylic acids is 3. The molecule has 0 saturated carbocycles. The van der Waals surface area contributed by atoms with Crippen molar-refractivity contribution >= 4 is 17.5 Å². The minimum absolute atomic E-state index is 0.0297. The average Bonchev–Trinajstić information content (AvgIpc) is 2.15. The van der Waals surface area contributed by atoms with E-state index in [0.717, 1.165) is 0 Å². The molecule has 0 fully saturated rings. The van der Waals surface area contributed by atoms with Gasteiger partial charge in [-0.15, -0.1) is 0 Å². The third kappa shape index (κ3) is 6.84. The highest BCUT2D eigenvalue weighted by Gasteiger charge is 2.28. The Morgan fingerprint density at radius 3 is 2.18 bits per heavy atom. The zero-order chi connectivity index (χ0) is 13.5. The van der Waals surface area contributed by atoms with Gasteiger partial charge in [0.05, 0.1) is 6.61 Å². The van der Waals surface area contributed by atoms with Crippen LogP contribution in [-0.2, 0) is 19.1 Å². The van der Waals surface area contributed by atoms with Gasteiger partial charge in [0.25, 0.3) is 0 Å². The summed E-state index contributed by atoms with van der Waals surface area (Å²) in [7, 11) is 0. The maximum Gasteiger partial charge on any atom is 0.313 e. The van der Waals surface area contributed by atoms with E-state index in [4.69, 9.17) is 5.73 Å². The highest BCUT2D eigenvalue weighted by Crippen LogP contribution is 2.18. The number of esters is 1. The highest BCUT2D eigenvalue weighted by molar-refractivity contribution is 5.96. The van der Waals surface area contributed by atoms with Gasteiger partial charge in [-0.25, -0.2) is 0 Å². The zero-order valence-electron chi connectivity index (χ0n) is 10.7. The first-order valence-electron chi connectivity index (χ1n) is 5.78. The zero-order valence-corrected chi connectivity index (χ0v) is 10.7. The standard InChI is InChI=1S/C12H21NO4/c1-4-12(13,7-9(3)14)8-10(15)6-11(16)17-5-2/h4-8,13H2,1-3H3. The Kier molecular flexibility index (Phi) is 6.65. The lowest BCUT2D eigenvalue weighted by Crippen LogP contribution is -2.43. The van der Waals surface area contributed by atoms with Crippen LogP contribution in [0.3, 0.4) is 0 Å². The highest BCUT2D eigenvalue weighted by atomic mass is 16.5. The van der Waals surface area contributed by atoms with Crippen molar-refractivity contribution in [2.75, 3.05) is 6.61 Å². The van der Waals surface area contributed by atoms with Gasteiger partial charge in [-0.3, -0.25) is 14.4 Å². The summed E-state index contributed by atoms with van der Waals surface area (Å²) in [5, 5.41) is 0. The van der Waals surface area contributed by atoms with Gasteiger partial charge in [0.1, 0.15) is 18.0 Å². The Morgan fingerprint density at radius 1 is 1.18 bits per heavy atom. The lowest BCUT2D eigenvalue weighted by Gasteiger charge is -2.26. The molecule has 0 aliphatic carbocycles. The molecule has 0 aliphatic rings. The van der Waals surface area contributed by atoms with Gasteiger partial charge in [-0.1, -0.05) is 6.92 Å². The summed E-state index contributed by atoms with van der Waals surface area (Å²) >= 11 is 0. The van der Waals surface area contributed by atoms with Crippen LogP contribution in [0.4, 0.5) is 0 Å². The summed E-state index contributed by atoms with van der Waals surface area (Å²) in [4.78, 5) is 33.7. The Balaban J connectivity index is 4.32. The number of rotatable bonds is 8. The van der Waals surface area contributed by atoms with E-state index in [1.807, 2.05) is 6.92 Å². The fourth-order valence-corrected chi connectivity index (χ4v) is 1.64. The molecule has 1 unspecified atom stereocenters. The lowest BCUT2D eigenvalue weighted by molar-refractivity contribution is -0.145. The van der Waals surface area contributed by atoms with Crippen molar-refractivity contribution in [3.05, 3.63) is 0 Å². The summed E-state index contributed by atoms with van der Waals surface area (Å²) in [6.45, 7) is 5.19. The van der Waals surface area contributed by atoms with Crippen LogP contribution in [0.2, 0.25) is 0 Å². The fraction of sp³-hybridized carbons (Fsp3) is 0.750. The van der Waals surface area contributed by atoms with Crippen LogP contribution in [0.15, 0.2) is 0 Å². The molecule has 5 heteroatoms. The maximum absolute atomic E-state index is 11.6. The summed E-state index contributed by atoms with van der Waals surface area (Å²) in [6.07, 6.45) is 0.422. The Hall–Kier alpha value is -1.23. The number of nitrogens with two attached hydrogens (primary N) is 1. The molecule has 0 heterocycles. The van der Waals surface area contributed by atoms with Gasteiger partial charge in [0.15, 0.2) is 0 Å². The molecule has 0 bridgehead atoms. The second kappa shape index (κ2) is 7.17. The van der Waals surface area contributed by atoms with Crippen LogP contribution >= 0.6 is 0 Å². The topological polar surface area (TPSA) is 86.5 Å². The molecule has 2 N–H and O–H groups in total. The van der Waals surface area contributed by atoms with E-state index in [1.165, 1.54) is 6.92 Å². The van der Waals surface area contributed by atoms with E-state index in [0.29, 0.717) is 6.42 Å². The maximum atomic E-state index is 11.6. The van der Waals surface area contributed by atoms with Crippen molar-refractivity contribution in [1.82, 2.24) is 0 Å². The second-order valence-corrected chi connectivity index (χ2v) is 4.29. The molecule has 0 radical (unpaired) electrons. The number of hydrogen-bond donors (Lipinski definition) is 1. The largest absolute Gasteiger partial charge is 0.466 e. The monoisotopic (exact) mass is 243 g/mol. The summed E-state index contributed by atoms with van der Waals surface area (Å²) in [5.74, 6) is -0.883. The third-order valence-corrected chi connectivity index (χ3v) is 2.50. The smallest absolute Gasteiger partial charge is 0.313 e. The first-order valence-corrected chi connectivity index (χ1v) is 5.78. The second-order valence-electron chi connectivity index (χ2n) is 4.29. The summed E-state index contributed by atoms with van der Waals surface area (Å²) in [5.41, 5.74) is 5.12. The molecule has 5 nitrogen and oxygen atoms in total. The van der Waals surface area contributed by atoms with Crippen LogP contribution < -0.4 is 5.73 Å². The van der Waals surface area contributed by atoms with Gasteiger partial charge >= 0.3 is 5.97 Å². The van der Waals surface area contributed by atoms with E-state index in [9.17, 15) is 14.4 Å². The van der Waals surface area contributed by atoms with Crippen LogP contribution in [0, 0.1) is 0 Å². The first-order chi connectivity index (χ1) is 7.83. The van der Waals surface area contributed by atoms with Gasteiger partial charge in [-0.05, 0) is 20.3 Å². The Labute approximate surface area is 102 Å². The van der Waals surface area contributed by atoms with E-state index >= 15 is 0 Å². The predicted octanol–water partition coefficient (Wildman–Crippen LogP) is 0.985. The summed E-state index contributed by atoms with van der Waals surface area (Å²) < 4.78 is 4.67. The fourth-order valence-electron chi connectivity index (χ4n) is 1.64. The molecule has 0 rings (SSSR count). The molecular weight excluding hydrogens is 222 g/mol. The number of ether oxygens (including phenoxy) is 1. The van der Waals surface area contributed by atoms with Crippen molar-refractivity contribution in [3.8, 4) is 0 Å². The number of hydrogen-bond acceptors (Lipinski definition) is 5. The quantitative estimate of drug-likeness (QED) is 0.507. The normalized spacial score (nSPS) is 13.9. The minimum Gasteiger partial charge on any atom is -0.466 e. The number of Topliss-reactive ketones (excluding diaryl/α,β-unsaturated/α-hetero) is 2. The Morgan fingerprint density at radius 2 is 1.76 bits per heavy atom. The molecule has 0 aliphatic heterocycles. The van der Waals surface area contributed by atoms with Crippen molar-refractivity contribution < 1.29 is 19.1 Å².